The fourth-order valence-corrected chi connectivity index (χ4v) is 3.24. The number of nitrogens with one attached hydrogen (secondary N) is 1. The Morgan fingerprint density at radius 3 is 2.26 bits per heavy atom. The number of carbonyl (C=O) groups excluding carboxylic acids is 1. The van der Waals surface area contributed by atoms with Crippen molar-refractivity contribution in [2.75, 3.05) is 6.54 Å². The molecule has 0 saturated heterocycles. The van der Waals surface area contributed by atoms with E-state index in [1.807, 2.05) is 30.3 Å². The first-order valence-corrected chi connectivity index (χ1v) is 8.74. The third kappa shape index (κ3) is 4.96. The predicted octanol–water partition coefficient (Wildman–Crippen LogP) is 3.16. The van der Waals surface area contributed by atoms with Gasteiger partial charge in [-0.25, -0.2) is 4.79 Å². The first-order chi connectivity index (χ1) is 10.9. The molecule has 0 aliphatic heterocycles. The van der Waals surface area contributed by atoms with Crippen molar-refractivity contribution in [3.63, 3.8) is 0 Å². The van der Waals surface area contributed by atoms with Gasteiger partial charge in [-0.2, -0.15) is 0 Å². The minimum Gasteiger partial charge on any atom is -0.389 e. The minimum absolute atomic E-state index is 0.0419. The third-order valence-corrected chi connectivity index (χ3v) is 4.63. The molecule has 0 radical (unpaired) electrons. The number of rotatable bonds is 7. The van der Waals surface area contributed by atoms with Gasteiger partial charge in [0.15, 0.2) is 0 Å². The summed E-state index contributed by atoms with van der Waals surface area (Å²) in [5, 5.41) is 13.4. The molecule has 2 aliphatic carbocycles. The second-order valence-corrected chi connectivity index (χ2v) is 7.80. The molecule has 1 aromatic carbocycles. The van der Waals surface area contributed by atoms with Crippen molar-refractivity contribution in [1.29, 1.82) is 0 Å². The molecular formula is C19H28N2O2. The first kappa shape index (κ1) is 16.3. The molecule has 0 aromatic heterocycles. The summed E-state index contributed by atoms with van der Waals surface area (Å²) in [6, 6.07) is 10.3. The molecule has 0 bridgehead atoms. The molecule has 4 nitrogen and oxygen atoms in total. The van der Waals surface area contributed by atoms with Crippen LogP contribution in [0.25, 0.3) is 0 Å². The monoisotopic (exact) mass is 316 g/mol. The highest BCUT2D eigenvalue weighted by molar-refractivity contribution is 5.74. The quantitative estimate of drug-likeness (QED) is 0.812. The van der Waals surface area contributed by atoms with Crippen LogP contribution in [0.4, 0.5) is 4.79 Å². The van der Waals surface area contributed by atoms with Crippen LogP contribution in [0.5, 0.6) is 0 Å². The van der Waals surface area contributed by atoms with Crippen LogP contribution in [0, 0.1) is 11.8 Å². The maximum Gasteiger partial charge on any atom is 0.318 e. The Morgan fingerprint density at radius 2 is 1.78 bits per heavy atom. The van der Waals surface area contributed by atoms with Crippen molar-refractivity contribution in [2.24, 2.45) is 11.8 Å². The van der Waals surface area contributed by atoms with Gasteiger partial charge in [-0.3, -0.25) is 0 Å². The number of hydrogen-bond donors (Lipinski definition) is 2. The SMILES string of the molecule is CC(C)(O)CN(Cc1ccccc1)C(=O)NC(C1CC1)C1CC1. The smallest absolute Gasteiger partial charge is 0.318 e. The van der Waals surface area contributed by atoms with Crippen LogP contribution in [0.1, 0.15) is 45.1 Å². The van der Waals surface area contributed by atoms with E-state index in [0.717, 1.165) is 5.56 Å². The lowest BCUT2D eigenvalue weighted by molar-refractivity contribution is 0.0439. The Kier molecular flexibility index (Phi) is 4.62. The number of hydrogen-bond acceptors (Lipinski definition) is 2. The Balaban J connectivity index is 1.67. The summed E-state index contributed by atoms with van der Waals surface area (Å²) >= 11 is 0. The molecule has 2 saturated carbocycles. The molecule has 0 atom stereocenters. The van der Waals surface area contributed by atoms with Crippen molar-refractivity contribution in [1.82, 2.24) is 10.2 Å². The van der Waals surface area contributed by atoms with Crippen LogP contribution in [-0.4, -0.2) is 34.2 Å². The van der Waals surface area contributed by atoms with Crippen LogP contribution < -0.4 is 5.32 Å². The Hall–Kier alpha value is -1.55. The summed E-state index contributed by atoms with van der Waals surface area (Å²) in [4.78, 5) is 14.5. The maximum absolute atomic E-state index is 12.8. The van der Waals surface area contributed by atoms with Gasteiger partial charge in [-0.15, -0.1) is 0 Å². The zero-order valence-corrected chi connectivity index (χ0v) is 14.2. The van der Waals surface area contributed by atoms with Crippen molar-refractivity contribution in [3.05, 3.63) is 35.9 Å². The summed E-state index contributed by atoms with van der Waals surface area (Å²) in [5.74, 6) is 1.35. The van der Waals surface area contributed by atoms with Crippen molar-refractivity contribution < 1.29 is 9.90 Å². The molecule has 2 amide bonds. The van der Waals surface area contributed by atoms with Crippen LogP contribution in [0.2, 0.25) is 0 Å². The van der Waals surface area contributed by atoms with E-state index in [-0.39, 0.29) is 6.03 Å². The number of urea groups is 1. The number of aliphatic hydroxyl groups is 1. The Morgan fingerprint density at radius 1 is 1.22 bits per heavy atom. The van der Waals surface area contributed by atoms with Crippen molar-refractivity contribution in [3.8, 4) is 0 Å². The third-order valence-electron chi connectivity index (χ3n) is 4.63. The van der Waals surface area contributed by atoms with Crippen LogP contribution in [-0.2, 0) is 6.54 Å². The second-order valence-electron chi connectivity index (χ2n) is 7.80. The molecule has 3 rings (SSSR count). The van der Waals surface area contributed by atoms with Gasteiger partial charge in [0.05, 0.1) is 12.1 Å². The van der Waals surface area contributed by atoms with Crippen LogP contribution in [0.3, 0.4) is 0 Å². The fraction of sp³-hybridized carbons (Fsp3) is 0.632. The first-order valence-electron chi connectivity index (χ1n) is 8.74. The minimum atomic E-state index is -0.902. The molecule has 0 heterocycles. The Bertz CT molecular complexity index is 518. The zero-order valence-electron chi connectivity index (χ0n) is 14.2. The molecule has 2 aliphatic rings. The van der Waals surface area contributed by atoms with Gasteiger partial charge in [0.2, 0.25) is 0 Å². The molecule has 2 fully saturated rings. The van der Waals surface area contributed by atoms with E-state index in [4.69, 9.17) is 0 Å². The van der Waals surface area contributed by atoms with Gasteiger partial charge >= 0.3 is 6.03 Å². The van der Waals surface area contributed by atoms with Crippen LogP contribution in [0.15, 0.2) is 30.3 Å². The molecule has 1 aromatic rings. The lowest BCUT2D eigenvalue weighted by atomic mass is 10.1. The number of carbonyl (C=O) groups is 1. The summed E-state index contributed by atoms with van der Waals surface area (Å²) in [6.07, 6.45) is 4.97. The Labute approximate surface area is 138 Å². The molecule has 2 N–H and O–H groups in total. The molecular weight excluding hydrogens is 288 g/mol. The van der Waals surface area contributed by atoms with Gasteiger partial charge in [0, 0.05) is 12.6 Å². The van der Waals surface area contributed by atoms with E-state index < -0.39 is 5.60 Å². The van der Waals surface area contributed by atoms with E-state index in [0.29, 0.717) is 31.0 Å². The topological polar surface area (TPSA) is 52.6 Å². The number of nitrogens with zero attached hydrogens (tertiary/aromatic N) is 1. The summed E-state index contributed by atoms with van der Waals surface area (Å²) < 4.78 is 0. The molecule has 126 valence electrons. The van der Waals surface area contributed by atoms with E-state index in [1.54, 1.807) is 18.7 Å². The normalized spacial score (nSPS) is 18.1. The highest BCUT2D eigenvalue weighted by Gasteiger charge is 2.42. The van der Waals surface area contributed by atoms with E-state index >= 15 is 0 Å². The maximum atomic E-state index is 12.8. The second kappa shape index (κ2) is 6.52. The average Bonchev–Trinajstić information content (AvgIpc) is 3.37. The summed E-state index contributed by atoms with van der Waals surface area (Å²) in [6.45, 7) is 4.35. The highest BCUT2D eigenvalue weighted by Crippen LogP contribution is 2.44. The van der Waals surface area contributed by atoms with Gasteiger partial charge in [0.1, 0.15) is 0 Å². The average molecular weight is 316 g/mol. The standard InChI is InChI=1S/C19H28N2O2/c1-19(2,23)13-21(12-14-6-4-3-5-7-14)18(22)20-17(15-8-9-15)16-10-11-16/h3-7,15-17,23H,8-13H2,1-2H3,(H,20,22). The molecule has 0 unspecified atom stereocenters. The molecule has 4 heteroatoms. The van der Waals surface area contributed by atoms with Gasteiger partial charge in [-0.05, 0) is 56.9 Å². The van der Waals surface area contributed by atoms with E-state index in [9.17, 15) is 9.90 Å². The zero-order chi connectivity index (χ0) is 16.4. The van der Waals surface area contributed by atoms with Gasteiger partial charge in [-0.1, -0.05) is 30.3 Å². The number of amides is 2. The summed E-state index contributed by atoms with van der Waals surface area (Å²) in [5.41, 5.74) is 0.183. The van der Waals surface area contributed by atoms with E-state index in [1.165, 1.54) is 25.7 Å². The van der Waals surface area contributed by atoms with E-state index in [2.05, 4.69) is 5.32 Å². The largest absolute Gasteiger partial charge is 0.389 e. The van der Waals surface area contributed by atoms with Gasteiger partial charge < -0.3 is 15.3 Å². The molecule has 0 spiro atoms. The lowest BCUT2D eigenvalue weighted by Gasteiger charge is -2.31. The summed E-state index contributed by atoms with van der Waals surface area (Å²) in [7, 11) is 0. The van der Waals surface area contributed by atoms with Crippen molar-refractivity contribution in [2.45, 2.75) is 57.7 Å². The predicted molar refractivity (Wildman–Crippen MR) is 90.9 cm³/mol. The van der Waals surface area contributed by atoms with Crippen molar-refractivity contribution >= 4 is 6.03 Å². The van der Waals surface area contributed by atoms with Gasteiger partial charge in [0.25, 0.3) is 0 Å². The number of benzene rings is 1. The van der Waals surface area contributed by atoms with Crippen LogP contribution >= 0.6 is 0 Å². The highest BCUT2D eigenvalue weighted by atomic mass is 16.3. The fourth-order valence-electron chi connectivity index (χ4n) is 3.24. The molecule has 23 heavy (non-hydrogen) atoms. The lowest BCUT2D eigenvalue weighted by Crippen LogP contribution is -2.50.